The van der Waals surface area contributed by atoms with E-state index < -0.39 is 22.0 Å². The van der Waals surface area contributed by atoms with Crippen LogP contribution in [0.1, 0.15) is 0 Å². The monoisotopic (exact) mass is 146 g/mol. The molecular weight excluding hydrogens is 140 g/mol. The van der Waals surface area contributed by atoms with E-state index in [0.717, 1.165) is 0 Å². The zero-order chi connectivity index (χ0) is 7.56. The van der Waals surface area contributed by atoms with Gasteiger partial charge in [0.15, 0.2) is 0 Å². The zero-order valence-electron chi connectivity index (χ0n) is 5.26. The number of rotatable bonds is 1. The summed E-state index contributed by atoms with van der Waals surface area (Å²) in [5.41, 5.74) is 0. The zero-order valence-corrected chi connectivity index (χ0v) is 5.26. The van der Waals surface area contributed by atoms with E-state index in [1.54, 1.807) is 0 Å². The van der Waals surface area contributed by atoms with Gasteiger partial charge in [-0.05, 0) is 0 Å². The van der Waals surface area contributed by atoms with Crippen LogP contribution >= 0.6 is 0 Å². The van der Waals surface area contributed by atoms with Gasteiger partial charge in [0.25, 0.3) is 0 Å². The highest BCUT2D eigenvalue weighted by Gasteiger charge is 2.42. The first-order valence-corrected chi connectivity index (χ1v) is 2.57. The summed E-state index contributed by atoms with van der Waals surface area (Å²) in [6.07, 6.45) is 0. The van der Waals surface area contributed by atoms with Crippen LogP contribution in [-0.4, -0.2) is 39.1 Å². The maximum Gasteiger partial charge on any atom is 0.615 e. The summed E-state index contributed by atoms with van der Waals surface area (Å²) in [4.78, 5) is 0. The Bertz CT molecular complexity index is 99.2. The average molecular weight is 145 g/mol. The minimum atomic E-state index is -1.51. The Balaban J connectivity index is 2.35. The fraction of sp³-hybridized carbons (Fsp3) is 1.00. The Morgan fingerprint density at radius 1 is 1.10 bits per heavy atom. The van der Waals surface area contributed by atoms with Gasteiger partial charge < -0.3 is 28.4 Å². The van der Waals surface area contributed by atoms with Gasteiger partial charge in [0, 0.05) is 7.11 Å². The van der Waals surface area contributed by atoms with Crippen molar-refractivity contribution >= 4 is 22.0 Å². The van der Waals surface area contributed by atoms with Crippen LogP contribution in [0.5, 0.6) is 0 Å². The first kappa shape index (κ1) is 8.06. The van der Waals surface area contributed by atoms with Crippen molar-refractivity contribution in [3.05, 3.63) is 0 Å². The molecule has 0 aromatic carbocycles. The lowest BCUT2D eigenvalue weighted by Gasteiger charge is -2.21. The highest BCUT2D eigenvalue weighted by atomic mass is 16.9. The average Bonchev–Trinajstić information content (AvgIpc) is 1.85. The van der Waals surface area contributed by atoms with Crippen molar-refractivity contribution in [2.24, 2.45) is 0 Å². The molecule has 1 aliphatic heterocycles. The molecule has 0 bridgehead atoms. The van der Waals surface area contributed by atoms with E-state index in [-0.39, 0.29) is 0 Å². The van der Waals surface area contributed by atoms with Crippen molar-refractivity contribution in [2.45, 2.75) is 0 Å². The summed E-state index contributed by atoms with van der Waals surface area (Å²) in [5.74, 6) is 0. The Morgan fingerprint density at radius 2 is 1.60 bits per heavy atom. The third kappa shape index (κ3) is 1.98. The normalized spacial score (nSPS) is 20.1. The molecule has 10 heavy (non-hydrogen) atoms. The molecule has 1 heterocycles. The van der Waals surface area contributed by atoms with E-state index in [1.165, 1.54) is 7.11 Å². The van der Waals surface area contributed by atoms with Crippen molar-refractivity contribution in [3.63, 3.8) is 0 Å². The van der Waals surface area contributed by atoms with Crippen molar-refractivity contribution in [1.82, 2.24) is 0 Å². The molecule has 6 nitrogen and oxygen atoms in total. The molecular formula is CH5B3O6. The topological polar surface area (TPSA) is 77.4 Å². The molecule has 0 saturated carbocycles. The largest absolute Gasteiger partial charge is 0.615 e. The fourth-order valence-corrected chi connectivity index (χ4v) is 0.497. The second kappa shape index (κ2) is 3.38. The van der Waals surface area contributed by atoms with E-state index in [0.29, 0.717) is 0 Å². The summed E-state index contributed by atoms with van der Waals surface area (Å²) in [5, 5.41) is 17.2. The second-order valence-electron chi connectivity index (χ2n) is 1.55. The SMILES string of the molecule is COB1OB(O)OB(O)O1. The minimum Gasteiger partial charge on any atom is -0.403 e. The van der Waals surface area contributed by atoms with Crippen LogP contribution in [-0.2, 0) is 18.4 Å². The summed E-state index contributed by atoms with van der Waals surface area (Å²) >= 11 is 0. The lowest BCUT2D eigenvalue weighted by Crippen LogP contribution is -2.50. The molecule has 1 saturated heterocycles. The Kier molecular flexibility index (Phi) is 2.72. The molecule has 0 radical (unpaired) electrons. The minimum absolute atomic E-state index is 1.08. The molecule has 0 aromatic heterocycles. The summed E-state index contributed by atoms with van der Waals surface area (Å²) in [6, 6.07) is 0. The molecule has 0 atom stereocenters. The van der Waals surface area contributed by atoms with Crippen LogP contribution in [0.2, 0.25) is 0 Å². The van der Waals surface area contributed by atoms with Crippen molar-refractivity contribution in [1.29, 1.82) is 0 Å². The third-order valence-electron chi connectivity index (χ3n) is 0.880. The van der Waals surface area contributed by atoms with Crippen LogP contribution < -0.4 is 0 Å². The highest BCUT2D eigenvalue weighted by Crippen LogP contribution is 2.03. The van der Waals surface area contributed by atoms with Crippen LogP contribution in [0.3, 0.4) is 0 Å². The standard InChI is InChI=1S/CH5B3O6/c1-7-4-9-2(5)8-3(6)10-4/h5-6H,1H3. The van der Waals surface area contributed by atoms with Gasteiger partial charge in [-0.15, -0.1) is 0 Å². The Hall–Kier alpha value is -0.0452. The number of hydrogen-bond donors (Lipinski definition) is 2. The van der Waals surface area contributed by atoms with Gasteiger partial charge in [-0.25, -0.2) is 0 Å². The Morgan fingerprint density at radius 3 is 2.00 bits per heavy atom. The van der Waals surface area contributed by atoms with Crippen LogP contribution in [0, 0.1) is 0 Å². The lowest BCUT2D eigenvalue weighted by molar-refractivity contribution is 0.118. The first-order valence-electron chi connectivity index (χ1n) is 2.57. The number of hydrogen-bond acceptors (Lipinski definition) is 6. The summed E-state index contributed by atoms with van der Waals surface area (Å²) in [6.45, 7) is 0. The van der Waals surface area contributed by atoms with E-state index >= 15 is 0 Å². The maximum absolute atomic E-state index is 8.62. The molecule has 1 rings (SSSR count). The lowest BCUT2D eigenvalue weighted by atomic mass is 9.98. The quantitative estimate of drug-likeness (QED) is 0.402. The molecule has 0 unspecified atom stereocenters. The van der Waals surface area contributed by atoms with E-state index in [2.05, 4.69) is 18.4 Å². The van der Waals surface area contributed by atoms with Crippen molar-refractivity contribution in [3.8, 4) is 0 Å². The highest BCUT2D eigenvalue weighted by molar-refractivity contribution is 6.65. The molecule has 9 heteroatoms. The van der Waals surface area contributed by atoms with Gasteiger partial charge in [-0.1, -0.05) is 0 Å². The van der Waals surface area contributed by atoms with Gasteiger partial charge in [0.1, 0.15) is 0 Å². The first-order chi connectivity index (χ1) is 4.72. The molecule has 0 amide bonds. The molecule has 0 spiro atoms. The van der Waals surface area contributed by atoms with Gasteiger partial charge >= 0.3 is 22.0 Å². The van der Waals surface area contributed by atoms with Crippen LogP contribution in [0.15, 0.2) is 0 Å². The predicted molar refractivity (Wildman–Crippen MR) is 32.0 cm³/mol. The van der Waals surface area contributed by atoms with E-state index in [4.69, 9.17) is 10.0 Å². The maximum atomic E-state index is 8.62. The predicted octanol–water partition coefficient (Wildman–Crippen LogP) is -2.36. The molecule has 1 aliphatic rings. The van der Waals surface area contributed by atoms with Crippen LogP contribution in [0.25, 0.3) is 0 Å². The fourth-order valence-electron chi connectivity index (χ4n) is 0.497. The molecule has 0 aromatic rings. The Labute approximate surface area is 58.6 Å². The second-order valence-corrected chi connectivity index (χ2v) is 1.55. The smallest absolute Gasteiger partial charge is 0.403 e. The van der Waals surface area contributed by atoms with Gasteiger partial charge in [0.2, 0.25) is 0 Å². The van der Waals surface area contributed by atoms with Crippen molar-refractivity contribution in [2.75, 3.05) is 7.11 Å². The third-order valence-corrected chi connectivity index (χ3v) is 0.880. The summed E-state index contributed by atoms with van der Waals surface area (Å²) in [7, 11) is -2.80. The van der Waals surface area contributed by atoms with E-state index in [1.807, 2.05) is 0 Å². The van der Waals surface area contributed by atoms with Gasteiger partial charge in [-0.3, -0.25) is 0 Å². The molecule has 54 valence electrons. The van der Waals surface area contributed by atoms with Crippen LogP contribution in [0.4, 0.5) is 0 Å². The molecule has 1 fully saturated rings. The molecule has 2 N–H and O–H groups in total. The molecule has 0 aliphatic carbocycles. The van der Waals surface area contributed by atoms with Crippen molar-refractivity contribution < 1.29 is 28.4 Å². The van der Waals surface area contributed by atoms with E-state index in [9.17, 15) is 0 Å². The van der Waals surface area contributed by atoms with Gasteiger partial charge in [0.05, 0.1) is 0 Å². The van der Waals surface area contributed by atoms with Gasteiger partial charge in [-0.2, -0.15) is 0 Å². The summed E-state index contributed by atoms with van der Waals surface area (Å²) < 4.78 is 17.6.